The molecule has 0 amide bonds. The quantitative estimate of drug-likeness (QED) is 0.316. The van der Waals surface area contributed by atoms with Crippen molar-refractivity contribution in [2.75, 3.05) is 18.6 Å². The van der Waals surface area contributed by atoms with E-state index >= 15 is 0 Å². The van der Waals surface area contributed by atoms with Crippen molar-refractivity contribution in [1.82, 2.24) is 29.9 Å². The molecule has 0 unspecified atom stereocenters. The number of sulfone groups is 1. The maximum absolute atomic E-state index is 14.8. The first-order valence-electron chi connectivity index (χ1n) is 12.9. The lowest BCUT2D eigenvalue weighted by Crippen LogP contribution is -2.33. The predicted molar refractivity (Wildman–Crippen MR) is 145 cm³/mol. The number of rotatable bonds is 8. The molecule has 0 saturated heterocycles. The summed E-state index contributed by atoms with van der Waals surface area (Å²) in [6.45, 7) is 5.87. The standard InChI is InChI=1S/C28H31FN6O3S/c1-5-39(36,37)15-13-24-30-17-35(34-24)25-11-7-10-23(31-25)28(3)14-12-18(2)19-16-21(32-33-27(19)28)26-20(29)8-6-9-22(26)38-4/h6-11,16-18H,5,12-15H2,1-4H3/t18-,28+/m0/s1. The predicted octanol–water partition coefficient (Wildman–Crippen LogP) is 4.45. The van der Waals surface area contributed by atoms with E-state index in [-0.39, 0.29) is 23.8 Å². The first kappa shape index (κ1) is 26.9. The van der Waals surface area contributed by atoms with Gasteiger partial charge in [0.05, 0.1) is 40.9 Å². The minimum absolute atomic E-state index is 0.00738. The van der Waals surface area contributed by atoms with Crippen LogP contribution in [0.3, 0.4) is 0 Å². The highest BCUT2D eigenvalue weighted by Crippen LogP contribution is 2.46. The summed E-state index contributed by atoms with van der Waals surface area (Å²) in [6.07, 6.45) is 3.50. The maximum atomic E-state index is 14.8. The number of hydrogen-bond donors (Lipinski definition) is 0. The molecule has 4 aromatic rings. The minimum atomic E-state index is -3.11. The van der Waals surface area contributed by atoms with Gasteiger partial charge in [-0.05, 0) is 61.6 Å². The van der Waals surface area contributed by atoms with Crippen molar-refractivity contribution in [1.29, 1.82) is 0 Å². The molecular weight excluding hydrogens is 519 g/mol. The van der Waals surface area contributed by atoms with Crippen LogP contribution in [0.15, 0.2) is 48.8 Å². The Morgan fingerprint density at radius 2 is 1.97 bits per heavy atom. The van der Waals surface area contributed by atoms with Crippen molar-refractivity contribution in [3.63, 3.8) is 0 Å². The molecule has 3 aromatic heterocycles. The normalized spacial score (nSPS) is 19.1. The van der Waals surface area contributed by atoms with Crippen molar-refractivity contribution in [2.24, 2.45) is 0 Å². The van der Waals surface area contributed by atoms with Crippen LogP contribution in [0.25, 0.3) is 17.1 Å². The molecule has 0 spiro atoms. The number of aromatic nitrogens is 6. The van der Waals surface area contributed by atoms with E-state index in [1.54, 1.807) is 30.1 Å². The Morgan fingerprint density at radius 1 is 1.18 bits per heavy atom. The van der Waals surface area contributed by atoms with Crippen LogP contribution in [-0.2, 0) is 21.7 Å². The molecule has 3 heterocycles. The maximum Gasteiger partial charge on any atom is 0.155 e. The molecule has 0 bridgehead atoms. The van der Waals surface area contributed by atoms with Crippen LogP contribution in [-0.4, -0.2) is 57.0 Å². The molecular formula is C28H31FN6O3S. The fourth-order valence-corrected chi connectivity index (χ4v) is 5.84. The third kappa shape index (κ3) is 5.15. The van der Waals surface area contributed by atoms with Crippen LogP contribution in [0.2, 0.25) is 0 Å². The van der Waals surface area contributed by atoms with E-state index in [9.17, 15) is 12.8 Å². The highest BCUT2D eigenvalue weighted by molar-refractivity contribution is 7.91. The van der Waals surface area contributed by atoms with Gasteiger partial charge >= 0.3 is 0 Å². The molecule has 9 nitrogen and oxygen atoms in total. The van der Waals surface area contributed by atoms with Gasteiger partial charge in [0.15, 0.2) is 11.6 Å². The Kier molecular flexibility index (Phi) is 7.19. The molecule has 5 rings (SSSR count). The molecule has 11 heteroatoms. The van der Waals surface area contributed by atoms with Gasteiger partial charge in [0, 0.05) is 12.2 Å². The largest absolute Gasteiger partial charge is 0.496 e. The summed E-state index contributed by atoms with van der Waals surface area (Å²) in [5, 5.41) is 13.6. The molecule has 1 aliphatic carbocycles. The molecule has 204 valence electrons. The Morgan fingerprint density at radius 3 is 2.74 bits per heavy atom. The molecule has 39 heavy (non-hydrogen) atoms. The first-order valence-corrected chi connectivity index (χ1v) is 14.8. The van der Waals surface area contributed by atoms with Gasteiger partial charge in [-0.15, -0.1) is 10.2 Å². The molecule has 0 N–H and O–H groups in total. The van der Waals surface area contributed by atoms with Crippen molar-refractivity contribution in [3.05, 3.63) is 77.4 Å². The first-order chi connectivity index (χ1) is 18.6. The van der Waals surface area contributed by atoms with E-state index in [4.69, 9.17) is 9.72 Å². The SMILES string of the molecule is CCS(=O)(=O)CCc1ncn(-c2cccc([C@@]3(C)CC[C@H](C)c4cc(-c5c(F)cccc5OC)nnc43)n2)n1. The van der Waals surface area contributed by atoms with Crippen LogP contribution < -0.4 is 4.74 Å². The lowest BCUT2D eigenvalue weighted by atomic mass is 9.69. The van der Waals surface area contributed by atoms with Gasteiger partial charge in [0.1, 0.15) is 27.7 Å². The average Bonchev–Trinajstić information content (AvgIpc) is 3.43. The number of methoxy groups -OCH3 is 1. The molecule has 0 fully saturated rings. The summed E-state index contributed by atoms with van der Waals surface area (Å²) in [7, 11) is -1.60. The fraction of sp³-hybridized carbons (Fsp3) is 0.393. The summed E-state index contributed by atoms with van der Waals surface area (Å²) in [5.74, 6) is 1.33. The van der Waals surface area contributed by atoms with Gasteiger partial charge in [0.2, 0.25) is 0 Å². The number of pyridine rings is 1. The number of halogens is 1. The van der Waals surface area contributed by atoms with E-state index in [2.05, 4.69) is 34.1 Å². The molecule has 2 atom stereocenters. The lowest BCUT2D eigenvalue weighted by Gasteiger charge is -2.37. The summed E-state index contributed by atoms with van der Waals surface area (Å²) < 4.78 is 45.5. The third-order valence-electron chi connectivity index (χ3n) is 7.56. The van der Waals surface area contributed by atoms with Crippen molar-refractivity contribution in [3.8, 4) is 22.8 Å². The summed E-state index contributed by atoms with van der Waals surface area (Å²) >= 11 is 0. The van der Waals surface area contributed by atoms with Gasteiger partial charge in [-0.2, -0.15) is 5.10 Å². The Bertz CT molecular complexity index is 1620. The number of benzene rings is 1. The van der Waals surface area contributed by atoms with Crippen molar-refractivity contribution < 1.29 is 17.5 Å². The van der Waals surface area contributed by atoms with E-state index in [1.807, 2.05) is 24.3 Å². The highest BCUT2D eigenvalue weighted by Gasteiger charge is 2.40. The van der Waals surface area contributed by atoms with Crippen LogP contribution >= 0.6 is 0 Å². The second kappa shape index (κ2) is 10.4. The van der Waals surface area contributed by atoms with Crippen LogP contribution in [0, 0.1) is 5.82 Å². The molecule has 1 aliphatic rings. The second-order valence-corrected chi connectivity index (χ2v) is 12.6. The zero-order valence-corrected chi connectivity index (χ0v) is 23.2. The lowest BCUT2D eigenvalue weighted by molar-refractivity contribution is 0.403. The molecule has 1 aromatic carbocycles. The van der Waals surface area contributed by atoms with Gasteiger partial charge in [0.25, 0.3) is 0 Å². The molecule has 0 saturated carbocycles. The van der Waals surface area contributed by atoms with Crippen molar-refractivity contribution >= 4 is 9.84 Å². The summed E-state index contributed by atoms with van der Waals surface area (Å²) in [6, 6.07) is 12.3. The van der Waals surface area contributed by atoms with Crippen LogP contribution in [0.1, 0.15) is 62.3 Å². The summed E-state index contributed by atoms with van der Waals surface area (Å²) in [5.41, 5.74) is 2.83. The number of hydrogen-bond acceptors (Lipinski definition) is 8. The zero-order chi connectivity index (χ0) is 27.8. The summed E-state index contributed by atoms with van der Waals surface area (Å²) in [4.78, 5) is 9.20. The van der Waals surface area contributed by atoms with Crippen LogP contribution in [0.4, 0.5) is 4.39 Å². The third-order valence-corrected chi connectivity index (χ3v) is 9.26. The van der Waals surface area contributed by atoms with Crippen LogP contribution in [0.5, 0.6) is 5.75 Å². The van der Waals surface area contributed by atoms with E-state index < -0.39 is 21.1 Å². The Hall–Kier alpha value is -3.73. The topological polar surface area (TPSA) is 113 Å². The monoisotopic (exact) mass is 550 g/mol. The van der Waals surface area contributed by atoms with Crippen molar-refractivity contribution in [2.45, 2.75) is 51.4 Å². The van der Waals surface area contributed by atoms with E-state index in [0.717, 1.165) is 29.8 Å². The van der Waals surface area contributed by atoms with Gasteiger partial charge in [-0.3, -0.25) is 0 Å². The molecule has 0 aliphatic heterocycles. The highest BCUT2D eigenvalue weighted by atomic mass is 32.2. The number of aryl methyl sites for hydroxylation is 1. The molecule has 0 radical (unpaired) electrons. The number of nitrogens with zero attached hydrogens (tertiary/aromatic N) is 6. The fourth-order valence-electron chi connectivity index (χ4n) is 5.06. The van der Waals surface area contributed by atoms with Gasteiger partial charge < -0.3 is 4.74 Å². The number of fused-ring (bicyclic) bond motifs is 1. The average molecular weight is 551 g/mol. The van der Waals surface area contributed by atoms with E-state index in [1.165, 1.54) is 13.2 Å². The zero-order valence-electron chi connectivity index (χ0n) is 22.4. The van der Waals surface area contributed by atoms with E-state index in [0.29, 0.717) is 28.6 Å². The van der Waals surface area contributed by atoms with Gasteiger partial charge in [-0.1, -0.05) is 26.0 Å². The Labute approximate surface area is 227 Å². The number of ether oxygens (including phenoxy) is 1. The van der Waals surface area contributed by atoms with Gasteiger partial charge in [-0.25, -0.2) is 27.5 Å². The second-order valence-electron chi connectivity index (χ2n) is 10.1. The Balaban J connectivity index is 1.50. The minimum Gasteiger partial charge on any atom is -0.496 e. The smallest absolute Gasteiger partial charge is 0.155 e.